The molecule has 0 aromatic rings. The van der Waals surface area contributed by atoms with Crippen molar-refractivity contribution < 1.29 is 28.6 Å². The van der Waals surface area contributed by atoms with E-state index in [0.29, 0.717) is 19.3 Å². The topological polar surface area (TPSA) is 78.9 Å². The zero-order chi connectivity index (χ0) is 56.4. The van der Waals surface area contributed by atoms with E-state index in [1.54, 1.807) is 0 Å². The Bertz CT molecular complexity index is 1480. The van der Waals surface area contributed by atoms with Gasteiger partial charge in [-0.2, -0.15) is 0 Å². The van der Waals surface area contributed by atoms with E-state index in [-0.39, 0.29) is 31.1 Å². The summed E-state index contributed by atoms with van der Waals surface area (Å²) < 4.78 is 16.9. The van der Waals surface area contributed by atoms with Gasteiger partial charge in [0.2, 0.25) is 0 Å². The van der Waals surface area contributed by atoms with E-state index in [1.165, 1.54) is 193 Å². The van der Waals surface area contributed by atoms with Crippen LogP contribution in [-0.2, 0) is 28.6 Å². The van der Waals surface area contributed by atoms with E-state index < -0.39 is 6.10 Å². The summed E-state index contributed by atoms with van der Waals surface area (Å²) in [7, 11) is 0. The van der Waals surface area contributed by atoms with Crippen molar-refractivity contribution in [2.45, 2.75) is 341 Å². The number of unbranched alkanes of at least 4 members (excludes halogenated alkanes) is 36. The first kappa shape index (κ1) is 74.6. The van der Waals surface area contributed by atoms with E-state index >= 15 is 0 Å². The van der Waals surface area contributed by atoms with Crippen molar-refractivity contribution in [3.05, 3.63) is 85.1 Å². The van der Waals surface area contributed by atoms with Crippen LogP contribution in [0.4, 0.5) is 0 Å². The van der Waals surface area contributed by atoms with Crippen LogP contribution in [0.2, 0.25) is 0 Å². The maximum absolute atomic E-state index is 12.9. The number of hydrogen-bond donors (Lipinski definition) is 0. The highest BCUT2D eigenvalue weighted by atomic mass is 16.6. The van der Waals surface area contributed by atoms with Crippen molar-refractivity contribution >= 4 is 17.9 Å². The summed E-state index contributed by atoms with van der Waals surface area (Å²) in [5, 5.41) is 0. The number of ether oxygens (including phenoxy) is 3. The van der Waals surface area contributed by atoms with Gasteiger partial charge in [-0.05, 0) is 109 Å². The van der Waals surface area contributed by atoms with Gasteiger partial charge in [0, 0.05) is 19.3 Å². The molecule has 0 radical (unpaired) electrons. The summed E-state index contributed by atoms with van der Waals surface area (Å²) in [6, 6.07) is 0. The van der Waals surface area contributed by atoms with Gasteiger partial charge in [-0.1, -0.05) is 292 Å². The molecule has 0 amide bonds. The molecule has 1 atom stereocenters. The molecule has 1 unspecified atom stereocenters. The molecule has 0 saturated heterocycles. The minimum atomic E-state index is -0.783. The average molecular weight is 1090 g/mol. The van der Waals surface area contributed by atoms with Crippen molar-refractivity contribution in [2.24, 2.45) is 0 Å². The Kier molecular flexibility index (Phi) is 63.2. The first-order valence-corrected chi connectivity index (χ1v) is 33.6. The van der Waals surface area contributed by atoms with Gasteiger partial charge < -0.3 is 14.2 Å². The predicted molar refractivity (Wildman–Crippen MR) is 339 cm³/mol. The molecule has 0 aromatic carbocycles. The van der Waals surface area contributed by atoms with Crippen LogP contribution in [0.5, 0.6) is 0 Å². The fourth-order valence-corrected chi connectivity index (χ4v) is 9.57. The molecule has 450 valence electrons. The molecule has 6 heteroatoms. The second-order valence-electron chi connectivity index (χ2n) is 22.3. The SMILES string of the molecule is CC/C=C\C/C=C\C/C=C\C/C=C\CCCCCCCCCCCCCCCCCCCCC(=O)OCC(COC(=O)CCCCCCC/C=C\CCCC)OC(=O)CCCCCCCCC/C=C\C/C=C\CCCCCC. The lowest BCUT2D eigenvalue weighted by molar-refractivity contribution is -0.167. The minimum Gasteiger partial charge on any atom is -0.462 e. The van der Waals surface area contributed by atoms with Crippen LogP contribution in [0.25, 0.3) is 0 Å². The summed E-state index contributed by atoms with van der Waals surface area (Å²) in [4.78, 5) is 38.3. The first-order chi connectivity index (χ1) is 38.5. The van der Waals surface area contributed by atoms with Gasteiger partial charge in [0.15, 0.2) is 6.10 Å². The van der Waals surface area contributed by atoms with Crippen molar-refractivity contribution in [3.8, 4) is 0 Å². The van der Waals surface area contributed by atoms with Crippen LogP contribution in [0, 0.1) is 0 Å². The molecule has 0 aliphatic rings. The molecule has 0 bridgehead atoms. The molecule has 0 aromatic heterocycles. The lowest BCUT2D eigenvalue weighted by Gasteiger charge is -2.18. The van der Waals surface area contributed by atoms with Crippen LogP contribution >= 0.6 is 0 Å². The van der Waals surface area contributed by atoms with Gasteiger partial charge in [-0.25, -0.2) is 0 Å². The summed E-state index contributed by atoms with van der Waals surface area (Å²) >= 11 is 0. The lowest BCUT2D eigenvalue weighted by atomic mass is 10.0. The molecule has 0 rings (SSSR count). The van der Waals surface area contributed by atoms with Crippen molar-refractivity contribution in [3.63, 3.8) is 0 Å². The fourth-order valence-electron chi connectivity index (χ4n) is 9.57. The number of rotatable bonds is 61. The molecule has 0 N–H and O–H groups in total. The van der Waals surface area contributed by atoms with Crippen LogP contribution < -0.4 is 0 Å². The molecule has 0 spiro atoms. The predicted octanol–water partition coefficient (Wildman–Crippen LogP) is 23.1. The van der Waals surface area contributed by atoms with E-state index in [4.69, 9.17) is 14.2 Å². The van der Waals surface area contributed by atoms with Crippen LogP contribution in [0.15, 0.2) is 85.1 Å². The maximum atomic E-state index is 12.9. The second-order valence-corrected chi connectivity index (χ2v) is 22.3. The van der Waals surface area contributed by atoms with Crippen molar-refractivity contribution in [2.75, 3.05) is 13.2 Å². The summed E-state index contributed by atoms with van der Waals surface area (Å²) in [6.45, 7) is 6.49. The standard InChI is InChI=1S/C72H126O6/c1-4-7-10-13-16-19-22-24-26-28-30-31-32-33-34-35-36-37-38-39-40-41-42-44-45-47-50-53-56-59-62-65-71(74)77-68-69(67-76-70(73)64-61-58-55-52-49-21-18-15-12-9-6-3)78-72(75)66-63-60-57-54-51-48-46-43-29-27-25-23-20-17-14-11-8-5-2/h7,10,15-16,18-20,23-24,26-27,29-31,69H,4-6,8-9,11-14,17,21-22,25,28,32-68H2,1-3H3/b10-7-,18-15-,19-16-,23-20-,26-24-,29-27-,31-30-. The quantitative estimate of drug-likeness (QED) is 0.0261. The fraction of sp³-hybridized carbons (Fsp3) is 0.764. The van der Waals surface area contributed by atoms with Gasteiger partial charge in [-0.3, -0.25) is 14.4 Å². The third-order valence-corrected chi connectivity index (χ3v) is 14.6. The Morgan fingerprint density at radius 3 is 0.833 bits per heavy atom. The molecular formula is C72H126O6. The second kappa shape index (κ2) is 66.1. The molecule has 78 heavy (non-hydrogen) atoms. The summed E-state index contributed by atoms with van der Waals surface area (Å²) in [5.74, 6) is -0.882. The Morgan fingerprint density at radius 2 is 0.513 bits per heavy atom. The molecule has 0 heterocycles. The van der Waals surface area contributed by atoms with Gasteiger partial charge in [0.05, 0.1) is 0 Å². The normalized spacial score (nSPS) is 12.6. The van der Waals surface area contributed by atoms with Gasteiger partial charge in [-0.15, -0.1) is 0 Å². The van der Waals surface area contributed by atoms with Gasteiger partial charge >= 0.3 is 17.9 Å². The van der Waals surface area contributed by atoms with E-state index in [1.807, 2.05) is 0 Å². The molecule has 0 saturated carbocycles. The summed E-state index contributed by atoms with van der Waals surface area (Å²) in [6.07, 6.45) is 87.5. The Labute approximate surface area is 484 Å². The third-order valence-electron chi connectivity index (χ3n) is 14.6. The van der Waals surface area contributed by atoms with Crippen molar-refractivity contribution in [1.29, 1.82) is 0 Å². The molecular weight excluding hydrogens is 961 g/mol. The minimum absolute atomic E-state index is 0.0790. The molecule has 0 fully saturated rings. The van der Waals surface area contributed by atoms with E-state index in [2.05, 4.69) is 106 Å². The number of allylic oxidation sites excluding steroid dienone is 14. The highest BCUT2D eigenvalue weighted by molar-refractivity contribution is 5.71. The van der Waals surface area contributed by atoms with Gasteiger partial charge in [0.1, 0.15) is 13.2 Å². The average Bonchev–Trinajstić information content (AvgIpc) is 3.44. The van der Waals surface area contributed by atoms with Crippen molar-refractivity contribution in [1.82, 2.24) is 0 Å². The van der Waals surface area contributed by atoms with Crippen LogP contribution in [0.1, 0.15) is 335 Å². The number of hydrogen-bond acceptors (Lipinski definition) is 6. The lowest BCUT2D eigenvalue weighted by Crippen LogP contribution is -2.30. The Hall–Kier alpha value is -3.41. The van der Waals surface area contributed by atoms with E-state index in [9.17, 15) is 14.4 Å². The smallest absolute Gasteiger partial charge is 0.306 e. The molecule has 0 aliphatic carbocycles. The number of carbonyl (C=O) groups excluding carboxylic acids is 3. The number of esters is 3. The third kappa shape index (κ3) is 63.4. The first-order valence-electron chi connectivity index (χ1n) is 33.6. The van der Waals surface area contributed by atoms with Crippen LogP contribution in [0.3, 0.4) is 0 Å². The maximum Gasteiger partial charge on any atom is 0.306 e. The zero-order valence-electron chi connectivity index (χ0n) is 51.7. The highest BCUT2D eigenvalue weighted by Crippen LogP contribution is 2.17. The molecule has 6 nitrogen and oxygen atoms in total. The zero-order valence-corrected chi connectivity index (χ0v) is 51.7. The van der Waals surface area contributed by atoms with Crippen LogP contribution in [-0.4, -0.2) is 37.2 Å². The Morgan fingerprint density at radius 1 is 0.269 bits per heavy atom. The number of carbonyl (C=O) groups is 3. The van der Waals surface area contributed by atoms with Gasteiger partial charge in [0.25, 0.3) is 0 Å². The largest absolute Gasteiger partial charge is 0.462 e. The molecule has 0 aliphatic heterocycles. The highest BCUT2D eigenvalue weighted by Gasteiger charge is 2.19. The van der Waals surface area contributed by atoms with E-state index in [0.717, 1.165) is 103 Å². The monoisotopic (exact) mass is 1090 g/mol. The summed E-state index contributed by atoms with van der Waals surface area (Å²) in [5.41, 5.74) is 0. The Balaban J connectivity index is 4.16.